The molecule has 2 aromatic carbocycles. The van der Waals surface area contributed by atoms with Gasteiger partial charge in [0.15, 0.2) is 0 Å². The Morgan fingerprint density at radius 2 is 1.50 bits per heavy atom. The van der Waals surface area contributed by atoms with Crippen LogP contribution in [0.2, 0.25) is 0 Å². The monoisotopic (exact) mass is 317 g/mol. The molecule has 0 radical (unpaired) electrons. The maximum absolute atomic E-state index is 10.8. The van der Waals surface area contributed by atoms with Crippen LogP contribution in [0.15, 0.2) is 60.2 Å². The van der Waals surface area contributed by atoms with E-state index >= 15 is 0 Å². The van der Waals surface area contributed by atoms with Crippen molar-refractivity contribution in [3.63, 3.8) is 0 Å². The van der Waals surface area contributed by atoms with Crippen molar-refractivity contribution in [2.45, 2.75) is 38.1 Å². The average Bonchev–Trinajstić information content (AvgIpc) is 2.90. The van der Waals surface area contributed by atoms with Crippen molar-refractivity contribution in [2.24, 2.45) is 0 Å². The van der Waals surface area contributed by atoms with Crippen molar-refractivity contribution >= 4 is 17.5 Å². The first kappa shape index (κ1) is 15.1. The summed E-state index contributed by atoms with van der Waals surface area (Å²) < 4.78 is 0. The third-order valence-electron chi connectivity index (χ3n) is 5.04. The molecule has 4 rings (SSSR count). The van der Waals surface area contributed by atoms with E-state index in [-0.39, 0.29) is 0 Å². The van der Waals surface area contributed by atoms with Crippen LogP contribution < -0.4 is 15.8 Å². The molecule has 1 saturated carbocycles. The van der Waals surface area contributed by atoms with Gasteiger partial charge in [-0.3, -0.25) is 0 Å². The molecule has 2 N–H and O–H groups in total. The van der Waals surface area contributed by atoms with Gasteiger partial charge in [0.25, 0.3) is 0 Å². The van der Waals surface area contributed by atoms with Crippen molar-refractivity contribution in [1.82, 2.24) is 5.32 Å². The second kappa shape index (κ2) is 6.56. The number of hydrogen-bond donors (Lipinski definition) is 2. The zero-order chi connectivity index (χ0) is 16.4. The van der Waals surface area contributed by atoms with Crippen LogP contribution in [0, 0.1) is 0 Å². The van der Waals surface area contributed by atoms with E-state index in [4.69, 9.17) is 0 Å². The molecule has 2 heteroatoms. The Kier molecular flexibility index (Phi) is 4.12. The Bertz CT molecular complexity index is 874. The lowest BCUT2D eigenvalue weighted by atomic mass is 9.94. The molecule has 0 amide bonds. The molecule has 2 aromatic rings. The van der Waals surface area contributed by atoms with Gasteiger partial charge in [0.1, 0.15) is 5.76 Å². The first-order valence-electron chi connectivity index (χ1n) is 8.89. The van der Waals surface area contributed by atoms with Gasteiger partial charge < -0.3 is 10.4 Å². The van der Waals surface area contributed by atoms with Gasteiger partial charge in [-0.2, -0.15) is 0 Å². The van der Waals surface area contributed by atoms with Crippen LogP contribution in [0.4, 0.5) is 0 Å². The smallest absolute Gasteiger partial charge is 0.132 e. The van der Waals surface area contributed by atoms with Gasteiger partial charge in [0.2, 0.25) is 0 Å². The fourth-order valence-electron chi connectivity index (χ4n) is 3.78. The third kappa shape index (κ3) is 2.84. The summed E-state index contributed by atoms with van der Waals surface area (Å²) in [5.74, 6) is 0.382. The van der Waals surface area contributed by atoms with Gasteiger partial charge in [-0.05, 0) is 24.5 Å². The Morgan fingerprint density at radius 3 is 2.25 bits per heavy atom. The normalized spacial score (nSPS) is 19.6. The fraction of sp³-hybridized carbons (Fsp3) is 0.273. The molecule has 122 valence electrons. The highest BCUT2D eigenvalue weighted by Gasteiger charge is 2.22. The summed E-state index contributed by atoms with van der Waals surface area (Å²) in [5.41, 5.74) is 3.10. The molecule has 0 aliphatic heterocycles. The highest BCUT2D eigenvalue weighted by molar-refractivity contribution is 5.91. The van der Waals surface area contributed by atoms with Crippen molar-refractivity contribution in [3.8, 4) is 0 Å². The van der Waals surface area contributed by atoms with Gasteiger partial charge in [0.05, 0.1) is 5.70 Å². The van der Waals surface area contributed by atoms with Crippen LogP contribution in [0.5, 0.6) is 0 Å². The predicted octanol–water partition coefficient (Wildman–Crippen LogP) is 3.48. The van der Waals surface area contributed by atoms with Crippen LogP contribution in [0.1, 0.15) is 37.7 Å². The second-order valence-electron chi connectivity index (χ2n) is 6.72. The predicted molar refractivity (Wildman–Crippen MR) is 99.6 cm³/mol. The standard InChI is InChI=1S/C22H23NO/c24-22-19-14-8-7-13-18(19)21(23-17-11-5-2-6-12-17)20(22)15-16-9-3-1-4-10-16/h1,3-4,7-10,13-15,17,23-24H,2,5-6,11-12H2. The van der Waals surface area contributed by atoms with Gasteiger partial charge >= 0.3 is 0 Å². The molecule has 0 bridgehead atoms. The highest BCUT2D eigenvalue weighted by atomic mass is 16.3. The summed E-state index contributed by atoms with van der Waals surface area (Å²) in [7, 11) is 0. The lowest BCUT2D eigenvalue weighted by Crippen LogP contribution is -2.34. The first-order chi connectivity index (χ1) is 11.8. The number of aliphatic hydroxyl groups is 1. The lowest BCUT2D eigenvalue weighted by molar-refractivity contribution is 0.408. The largest absolute Gasteiger partial charge is 0.507 e. The number of fused-ring (bicyclic) bond motifs is 1. The summed E-state index contributed by atoms with van der Waals surface area (Å²) in [4.78, 5) is 0. The molecule has 0 spiro atoms. The Morgan fingerprint density at radius 1 is 0.833 bits per heavy atom. The quantitative estimate of drug-likeness (QED) is 0.908. The number of hydrogen-bond acceptors (Lipinski definition) is 2. The molecular weight excluding hydrogens is 294 g/mol. The number of rotatable bonds is 3. The zero-order valence-corrected chi connectivity index (χ0v) is 13.8. The molecule has 24 heavy (non-hydrogen) atoms. The maximum Gasteiger partial charge on any atom is 0.132 e. The van der Waals surface area contributed by atoms with Crippen LogP contribution in [-0.4, -0.2) is 11.1 Å². The van der Waals surface area contributed by atoms with Crippen LogP contribution in [0.3, 0.4) is 0 Å². The molecule has 0 heterocycles. The fourth-order valence-corrected chi connectivity index (χ4v) is 3.78. The molecule has 0 unspecified atom stereocenters. The second-order valence-corrected chi connectivity index (χ2v) is 6.72. The molecule has 1 fully saturated rings. The zero-order valence-electron chi connectivity index (χ0n) is 13.8. The molecule has 0 aromatic heterocycles. The SMILES string of the molecule is OC1=c2ccccc2=C(NC2CCCCC2)C1=Cc1ccccc1. The topological polar surface area (TPSA) is 32.3 Å². The Labute approximate surface area is 142 Å². The van der Waals surface area contributed by atoms with Crippen LogP contribution in [-0.2, 0) is 0 Å². The van der Waals surface area contributed by atoms with Crippen molar-refractivity contribution < 1.29 is 5.11 Å². The third-order valence-corrected chi connectivity index (χ3v) is 5.04. The molecule has 0 atom stereocenters. The van der Waals surface area contributed by atoms with E-state index in [1.165, 1.54) is 32.1 Å². The van der Waals surface area contributed by atoms with Crippen LogP contribution >= 0.6 is 0 Å². The first-order valence-corrected chi connectivity index (χ1v) is 8.89. The molecule has 2 aliphatic carbocycles. The average molecular weight is 317 g/mol. The minimum Gasteiger partial charge on any atom is -0.507 e. The summed E-state index contributed by atoms with van der Waals surface area (Å²) in [5, 5.41) is 16.6. The van der Waals surface area contributed by atoms with E-state index in [0.717, 1.165) is 27.3 Å². The van der Waals surface area contributed by atoms with E-state index in [0.29, 0.717) is 11.8 Å². The van der Waals surface area contributed by atoms with Gasteiger partial charge in [0, 0.05) is 22.1 Å². The van der Waals surface area contributed by atoms with Gasteiger partial charge in [-0.1, -0.05) is 73.9 Å². The lowest BCUT2D eigenvalue weighted by Gasteiger charge is -2.25. The number of nitrogens with one attached hydrogen (secondary N) is 1. The molecule has 2 aliphatic rings. The maximum atomic E-state index is 10.8. The van der Waals surface area contributed by atoms with Crippen molar-refractivity contribution in [2.75, 3.05) is 0 Å². The van der Waals surface area contributed by atoms with Gasteiger partial charge in [-0.25, -0.2) is 0 Å². The van der Waals surface area contributed by atoms with Crippen molar-refractivity contribution in [1.29, 1.82) is 0 Å². The molecular formula is C22H23NO. The summed E-state index contributed by atoms with van der Waals surface area (Å²) in [6.07, 6.45) is 8.44. The summed E-state index contributed by atoms with van der Waals surface area (Å²) in [6.45, 7) is 0. The van der Waals surface area contributed by atoms with Crippen molar-refractivity contribution in [3.05, 3.63) is 76.2 Å². The minimum atomic E-state index is 0.382. The van der Waals surface area contributed by atoms with E-state index < -0.39 is 0 Å². The highest BCUT2D eigenvalue weighted by Crippen LogP contribution is 2.25. The van der Waals surface area contributed by atoms with E-state index in [1.807, 2.05) is 36.4 Å². The summed E-state index contributed by atoms with van der Waals surface area (Å²) in [6, 6.07) is 18.8. The molecule has 2 nitrogen and oxygen atoms in total. The van der Waals surface area contributed by atoms with Gasteiger partial charge in [-0.15, -0.1) is 0 Å². The summed E-state index contributed by atoms with van der Waals surface area (Å²) >= 11 is 0. The Balaban J connectivity index is 1.80. The molecule has 0 saturated heterocycles. The van der Waals surface area contributed by atoms with E-state index in [9.17, 15) is 5.11 Å². The van der Waals surface area contributed by atoms with Crippen LogP contribution in [0.25, 0.3) is 17.5 Å². The van der Waals surface area contributed by atoms with E-state index in [2.05, 4.69) is 29.6 Å². The number of benzene rings is 2. The van der Waals surface area contributed by atoms with E-state index in [1.54, 1.807) is 0 Å². The Hall–Kier alpha value is -2.48. The minimum absolute atomic E-state index is 0.382. The number of aliphatic hydroxyl groups excluding tert-OH is 1.